The molecule has 0 aromatic heterocycles. The number of rotatable bonds is 21. The average molecular weight is 394 g/mol. The van der Waals surface area contributed by atoms with E-state index in [2.05, 4.69) is 26.1 Å². The van der Waals surface area contributed by atoms with Crippen LogP contribution in [0.25, 0.3) is 0 Å². The molecule has 0 unspecified atom stereocenters. The highest BCUT2D eigenvalue weighted by molar-refractivity contribution is 5.75. The Hall–Kier alpha value is -0.730. The van der Waals surface area contributed by atoms with Crippen LogP contribution in [0.2, 0.25) is 0 Å². The Bertz CT molecular complexity index is 321. The van der Waals surface area contributed by atoms with Crippen molar-refractivity contribution in [2.45, 2.75) is 46.5 Å². The molecule has 0 spiro atoms. The Kier molecular flexibility index (Phi) is 21.0. The second-order valence-corrected chi connectivity index (χ2v) is 6.70. The lowest BCUT2D eigenvalue weighted by Gasteiger charge is -2.09. The number of carbonyl (C=O) groups is 1. The van der Waals surface area contributed by atoms with Gasteiger partial charge in [-0.05, 0) is 18.8 Å². The molecule has 0 bridgehead atoms. The number of hydrogen-bond donors (Lipinski definition) is 1. The van der Waals surface area contributed by atoms with E-state index in [1.807, 2.05) is 0 Å². The Morgan fingerprint density at radius 2 is 1.30 bits per heavy atom. The zero-order chi connectivity index (χ0) is 20.0. The zero-order valence-electron chi connectivity index (χ0n) is 17.6. The van der Waals surface area contributed by atoms with Gasteiger partial charge >= 0.3 is 0 Å². The van der Waals surface area contributed by atoms with Crippen molar-refractivity contribution in [3.63, 3.8) is 0 Å². The van der Waals surface area contributed by atoms with Crippen molar-refractivity contribution in [2.75, 3.05) is 72.6 Å². The summed E-state index contributed by atoms with van der Waals surface area (Å²) in [6.07, 6.45) is 3.64. The van der Waals surface area contributed by atoms with Crippen molar-refractivity contribution in [3.05, 3.63) is 0 Å². The predicted octanol–water partition coefficient (Wildman–Crippen LogP) is 2.67. The van der Waals surface area contributed by atoms with E-state index in [4.69, 9.17) is 23.7 Å². The summed E-state index contributed by atoms with van der Waals surface area (Å²) >= 11 is 0. The summed E-state index contributed by atoms with van der Waals surface area (Å²) in [6.45, 7) is 12.8. The van der Waals surface area contributed by atoms with Crippen molar-refractivity contribution >= 4 is 5.91 Å². The first-order valence-electron chi connectivity index (χ1n) is 10.3. The third kappa shape index (κ3) is 23.2. The number of amides is 1. The van der Waals surface area contributed by atoms with Crippen LogP contribution in [0, 0.1) is 5.92 Å². The van der Waals surface area contributed by atoms with Gasteiger partial charge in [0, 0.05) is 27.6 Å². The van der Waals surface area contributed by atoms with Crippen molar-refractivity contribution in [3.8, 4) is 0 Å². The minimum Gasteiger partial charge on any atom is -0.379 e. The van der Waals surface area contributed by atoms with Gasteiger partial charge in [0.25, 0.3) is 0 Å². The second kappa shape index (κ2) is 21.6. The predicted molar refractivity (Wildman–Crippen MR) is 108 cm³/mol. The standard InChI is InChI=1S/C20H41NO6.H2/c1-4-5-9-23-13-14-25-11-7-20(22)21-8-12-26-16-18-27-17-15-24-10-6-19(2)3;/h19H,4-18H2,1-3H3,(H,21,22);1H. The number of unbranched alkanes of at least 4 members (excludes halogenated alkanes) is 1. The monoisotopic (exact) mass is 393 g/mol. The highest BCUT2D eigenvalue weighted by Gasteiger charge is 2.01. The lowest BCUT2D eigenvalue weighted by atomic mass is 10.1. The Morgan fingerprint density at radius 3 is 1.89 bits per heavy atom. The van der Waals surface area contributed by atoms with Crippen molar-refractivity contribution in [2.24, 2.45) is 5.92 Å². The molecular formula is C20H43NO6. The van der Waals surface area contributed by atoms with Gasteiger partial charge in [-0.2, -0.15) is 0 Å². The number of carbonyl (C=O) groups excluding carboxylic acids is 1. The van der Waals surface area contributed by atoms with E-state index in [1.165, 1.54) is 0 Å². The molecule has 0 heterocycles. The zero-order valence-corrected chi connectivity index (χ0v) is 17.6. The van der Waals surface area contributed by atoms with Crippen LogP contribution in [0.3, 0.4) is 0 Å². The van der Waals surface area contributed by atoms with Crippen LogP contribution in [0.15, 0.2) is 0 Å². The molecule has 0 fully saturated rings. The van der Waals surface area contributed by atoms with Gasteiger partial charge in [0.05, 0.1) is 52.9 Å². The molecule has 0 aliphatic rings. The summed E-state index contributed by atoms with van der Waals surface area (Å²) in [7, 11) is 0. The molecule has 1 amide bonds. The lowest BCUT2D eigenvalue weighted by molar-refractivity contribution is -0.122. The number of hydrogen-bond acceptors (Lipinski definition) is 6. The van der Waals surface area contributed by atoms with Gasteiger partial charge in [0.2, 0.25) is 5.91 Å². The second-order valence-electron chi connectivity index (χ2n) is 6.70. The molecular weight excluding hydrogens is 350 g/mol. The van der Waals surface area contributed by atoms with Crippen LogP contribution in [-0.2, 0) is 28.5 Å². The van der Waals surface area contributed by atoms with Crippen LogP contribution in [-0.4, -0.2) is 78.5 Å². The smallest absolute Gasteiger partial charge is 0.222 e. The number of nitrogens with one attached hydrogen (secondary N) is 1. The van der Waals surface area contributed by atoms with Gasteiger partial charge in [-0.15, -0.1) is 0 Å². The van der Waals surface area contributed by atoms with Gasteiger partial charge in [-0.3, -0.25) is 4.79 Å². The van der Waals surface area contributed by atoms with Crippen LogP contribution >= 0.6 is 0 Å². The summed E-state index contributed by atoms with van der Waals surface area (Å²) in [5.74, 6) is 0.641. The third-order valence-electron chi connectivity index (χ3n) is 3.64. The van der Waals surface area contributed by atoms with E-state index in [0.717, 1.165) is 32.5 Å². The summed E-state index contributed by atoms with van der Waals surface area (Å²) < 4.78 is 27.0. The molecule has 0 saturated heterocycles. The molecule has 27 heavy (non-hydrogen) atoms. The van der Waals surface area contributed by atoms with Crippen LogP contribution < -0.4 is 5.32 Å². The van der Waals surface area contributed by atoms with Crippen molar-refractivity contribution < 1.29 is 29.9 Å². The molecule has 7 heteroatoms. The van der Waals surface area contributed by atoms with Gasteiger partial charge in [0.1, 0.15) is 0 Å². The Morgan fingerprint density at radius 1 is 0.778 bits per heavy atom. The lowest BCUT2D eigenvalue weighted by Crippen LogP contribution is -2.28. The maximum atomic E-state index is 11.6. The first-order valence-corrected chi connectivity index (χ1v) is 10.3. The maximum absolute atomic E-state index is 11.6. The van der Waals surface area contributed by atoms with Gasteiger partial charge in [-0.25, -0.2) is 0 Å². The van der Waals surface area contributed by atoms with Gasteiger partial charge in [0.15, 0.2) is 0 Å². The largest absolute Gasteiger partial charge is 0.379 e. The van der Waals surface area contributed by atoms with Gasteiger partial charge < -0.3 is 29.0 Å². The molecule has 0 aromatic carbocycles. The van der Waals surface area contributed by atoms with E-state index < -0.39 is 0 Å². The normalized spacial score (nSPS) is 11.3. The fourth-order valence-electron chi connectivity index (χ4n) is 1.95. The van der Waals surface area contributed by atoms with Crippen molar-refractivity contribution in [1.29, 1.82) is 0 Å². The fourth-order valence-corrected chi connectivity index (χ4v) is 1.95. The summed E-state index contributed by atoms with van der Waals surface area (Å²) in [5, 5.41) is 2.80. The molecule has 0 aromatic rings. The topological polar surface area (TPSA) is 75.3 Å². The van der Waals surface area contributed by atoms with E-state index in [-0.39, 0.29) is 7.33 Å². The highest BCUT2D eigenvalue weighted by atomic mass is 16.5. The van der Waals surface area contributed by atoms with Crippen LogP contribution in [0.5, 0.6) is 0 Å². The molecule has 0 aliphatic carbocycles. The van der Waals surface area contributed by atoms with E-state index >= 15 is 0 Å². The molecule has 0 rings (SSSR count). The SMILES string of the molecule is CCCCOCCOCCC(=O)NCCOCCOCCOCCC(C)C.[HH]. The minimum absolute atomic E-state index is 0. The molecule has 7 nitrogen and oxygen atoms in total. The fraction of sp³-hybridized carbons (Fsp3) is 0.950. The van der Waals surface area contributed by atoms with Crippen LogP contribution in [0.1, 0.15) is 47.9 Å². The van der Waals surface area contributed by atoms with E-state index in [0.29, 0.717) is 71.7 Å². The summed E-state index contributed by atoms with van der Waals surface area (Å²) in [6, 6.07) is 0. The van der Waals surface area contributed by atoms with E-state index in [9.17, 15) is 4.79 Å². The summed E-state index contributed by atoms with van der Waals surface area (Å²) in [4.78, 5) is 11.6. The highest BCUT2D eigenvalue weighted by Crippen LogP contribution is 1.98. The first-order chi connectivity index (χ1) is 13.2. The molecule has 1 N–H and O–H groups in total. The molecule has 0 atom stereocenters. The third-order valence-corrected chi connectivity index (χ3v) is 3.64. The minimum atomic E-state index is -0.0275. The Labute approximate surface area is 166 Å². The van der Waals surface area contributed by atoms with Crippen LogP contribution in [0.4, 0.5) is 0 Å². The first kappa shape index (κ1) is 26.3. The van der Waals surface area contributed by atoms with E-state index in [1.54, 1.807) is 0 Å². The Balaban J connectivity index is 0. The average Bonchev–Trinajstić information content (AvgIpc) is 2.64. The number of ether oxygens (including phenoxy) is 5. The van der Waals surface area contributed by atoms with Crippen molar-refractivity contribution in [1.82, 2.24) is 5.32 Å². The molecule has 0 aliphatic heterocycles. The molecule has 0 radical (unpaired) electrons. The quantitative estimate of drug-likeness (QED) is 0.302. The maximum Gasteiger partial charge on any atom is 0.222 e. The molecule has 164 valence electrons. The summed E-state index contributed by atoms with van der Waals surface area (Å²) in [5.41, 5.74) is 0. The molecule has 0 saturated carbocycles. The van der Waals surface area contributed by atoms with Gasteiger partial charge in [-0.1, -0.05) is 27.2 Å².